The molecule has 0 radical (unpaired) electrons. The molecule has 3 rings (SSSR count). The third-order valence-corrected chi connectivity index (χ3v) is 4.66. The summed E-state index contributed by atoms with van der Waals surface area (Å²) in [7, 11) is 0. The van der Waals surface area contributed by atoms with E-state index in [-0.39, 0.29) is 34.4 Å². The highest BCUT2D eigenvalue weighted by atomic mass is 16.3. The smallest absolute Gasteiger partial charge is 0.271 e. The number of rotatable bonds is 3. The standard InChI is InChI=1S/C18H18N2O4/c1-11-13(10-19)17(22)20(12-6-3-2-4-7-12)18(23)15(11)16(21)14-8-5-9-24-14/h5,8-9,12,23H,2-4,6-7H2,1H3. The number of aromatic nitrogens is 1. The van der Waals surface area contributed by atoms with Crippen LogP contribution in [0.1, 0.15) is 65.4 Å². The van der Waals surface area contributed by atoms with Gasteiger partial charge < -0.3 is 9.52 Å². The van der Waals surface area contributed by atoms with E-state index in [0.29, 0.717) is 0 Å². The first-order valence-corrected chi connectivity index (χ1v) is 8.02. The highest BCUT2D eigenvalue weighted by Crippen LogP contribution is 2.33. The minimum absolute atomic E-state index is 0.0355. The van der Waals surface area contributed by atoms with Gasteiger partial charge in [-0.15, -0.1) is 0 Å². The Bertz CT molecular complexity index is 866. The van der Waals surface area contributed by atoms with Crippen LogP contribution in [0.25, 0.3) is 0 Å². The van der Waals surface area contributed by atoms with Crippen molar-refractivity contribution in [2.75, 3.05) is 0 Å². The normalized spacial score (nSPS) is 15.2. The monoisotopic (exact) mass is 326 g/mol. The number of nitriles is 1. The second kappa shape index (κ2) is 6.36. The number of aromatic hydroxyl groups is 1. The van der Waals surface area contributed by atoms with E-state index in [1.54, 1.807) is 6.07 Å². The molecule has 1 saturated carbocycles. The molecule has 0 bridgehead atoms. The number of carbonyl (C=O) groups is 1. The molecule has 1 aliphatic carbocycles. The fraction of sp³-hybridized carbons (Fsp3) is 0.389. The van der Waals surface area contributed by atoms with E-state index in [4.69, 9.17) is 4.42 Å². The number of nitrogens with zero attached hydrogens (tertiary/aromatic N) is 2. The Morgan fingerprint density at radius 3 is 2.67 bits per heavy atom. The van der Waals surface area contributed by atoms with E-state index in [1.165, 1.54) is 23.8 Å². The van der Waals surface area contributed by atoms with Gasteiger partial charge >= 0.3 is 0 Å². The summed E-state index contributed by atoms with van der Waals surface area (Å²) in [5.74, 6) is -0.841. The van der Waals surface area contributed by atoms with Crippen molar-refractivity contribution < 1.29 is 14.3 Å². The van der Waals surface area contributed by atoms with Crippen LogP contribution < -0.4 is 5.56 Å². The SMILES string of the molecule is Cc1c(C(=O)c2ccco2)c(O)n(C2CCCCC2)c(=O)c1C#N. The Morgan fingerprint density at radius 2 is 2.08 bits per heavy atom. The quantitative estimate of drug-likeness (QED) is 0.874. The summed E-state index contributed by atoms with van der Waals surface area (Å²) < 4.78 is 6.34. The molecule has 0 aromatic carbocycles. The minimum Gasteiger partial charge on any atom is -0.494 e. The van der Waals surface area contributed by atoms with Crippen LogP contribution in [0.15, 0.2) is 27.6 Å². The molecule has 6 heteroatoms. The van der Waals surface area contributed by atoms with Crippen molar-refractivity contribution in [2.45, 2.75) is 45.1 Å². The molecular weight excluding hydrogens is 308 g/mol. The van der Waals surface area contributed by atoms with Gasteiger partial charge in [-0.05, 0) is 37.5 Å². The van der Waals surface area contributed by atoms with Gasteiger partial charge in [-0.25, -0.2) is 0 Å². The summed E-state index contributed by atoms with van der Waals surface area (Å²) in [5.41, 5.74) is -0.483. The molecule has 124 valence electrons. The number of hydrogen-bond acceptors (Lipinski definition) is 5. The second-order valence-corrected chi connectivity index (χ2v) is 6.08. The molecule has 0 unspecified atom stereocenters. The molecule has 24 heavy (non-hydrogen) atoms. The van der Waals surface area contributed by atoms with Gasteiger partial charge in [0, 0.05) is 6.04 Å². The lowest BCUT2D eigenvalue weighted by Crippen LogP contribution is -2.31. The van der Waals surface area contributed by atoms with Crippen molar-refractivity contribution in [2.24, 2.45) is 0 Å². The summed E-state index contributed by atoms with van der Waals surface area (Å²) in [6.07, 6.45) is 5.84. The minimum atomic E-state index is -0.532. The molecule has 0 saturated heterocycles. The van der Waals surface area contributed by atoms with E-state index in [1.807, 2.05) is 6.07 Å². The molecule has 1 fully saturated rings. The molecule has 0 aliphatic heterocycles. The van der Waals surface area contributed by atoms with Gasteiger partial charge in [0.2, 0.25) is 11.7 Å². The maximum absolute atomic E-state index is 12.7. The van der Waals surface area contributed by atoms with Crippen molar-refractivity contribution in [3.63, 3.8) is 0 Å². The average Bonchev–Trinajstić information content (AvgIpc) is 3.10. The van der Waals surface area contributed by atoms with Crippen LogP contribution in [0.4, 0.5) is 0 Å². The highest BCUT2D eigenvalue weighted by Gasteiger charge is 2.29. The first kappa shape index (κ1) is 16.1. The average molecular weight is 326 g/mol. The largest absolute Gasteiger partial charge is 0.494 e. The highest BCUT2D eigenvalue weighted by molar-refractivity contribution is 6.09. The number of ketones is 1. The lowest BCUT2D eigenvalue weighted by atomic mass is 9.93. The Balaban J connectivity index is 2.24. The molecule has 2 heterocycles. The number of pyridine rings is 1. The Kier molecular flexibility index (Phi) is 4.26. The number of hydrogen-bond donors (Lipinski definition) is 1. The zero-order valence-corrected chi connectivity index (χ0v) is 13.4. The molecule has 2 aromatic rings. The Hall–Kier alpha value is -2.81. The summed E-state index contributed by atoms with van der Waals surface area (Å²) in [6.45, 7) is 1.50. The van der Waals surface area contributed by atoms with E-state index >= 15 is 0 Å². The van der Waals surface area contributed by atoms with Crippen molar-refractivity contribution in [1.29, 1.82) is 5.26 Å². The summed E-state index contributed by atoms with van der Waals surface area (Å²) in [4.78, 5) is 25.3. The van der Waals surface area contributed by atoms with E-state index < -0.39 is 11.3 Å². The molecule has 0 spiro atoms. The lowest BCUT2D eigenvalue weighted by molar-refractivity contribution is 0.100. The van der Waals surface area contributed by atoms with Gasteiger partial charge in [-0.3, -0.25) is 14.2 Å². The summed E-state index contributed by atoms with van der Waals surface area (Å²) >= 11 is 0. The first-order chi connectivity index (χ1) is 11.6. The molecule has 2 aromatic heterocycles. The zero-order valence-electron chi connectivity index (χ0n) is 13.4. The third-order valence-electron chi connectivity index (χ3n) is 4.66. The maximum Gasteiger partial charge on any atom is 0.271 e. The Morgan fingerprint density at radius 1 is 1.38 bits per heavy atom. The predicted molar refractivity (Wildman–Crippen MR) is 86.1 cm³/mol. The van der Waals surface area contributed by atoms with Crippen molar-refractivity contribution in [3.05, 3.63) is 51.2 Å². The number of carbonyl (C=O) groups excluding carboxylic acids is 1. The summed E-state index contributed by atoms with van der Waals surface area (Å²) in [5, 5.41) is 20.1. The lowest BCUT2D eigenvalue weighted by Gasteiger charge is -2.26. The molecule has 1 N–H and O–H groups in total. The molecule has 0 atom stereocenters. The van der Waals surface area contributed by atoms with Crippen LogP contribution in [0.5, 0.6) is 5.88 Å². The van der Waals surface area contributed by atoms with E-state index in [2.05, 4.69) is 0 Å². The van der Waals surface area contributed by atoms with Crippen LogP contribution >= 0.6 is 0 Å². The van der Waals surface area contributed by atoms with Crippen molar-refractivity contribution in [1.82, 2.24) is 4.57 Å². The fourth-order valence-corrected chi connectivity index (χ4v) is 3.40. The van der Waals surface area contributed by atoms with E-state index in [0.717, 1.165) is 32.1 Å². The molecule has 1 aliphatic rings. The van der Waals surface area contributed by atoms with Gasteiger partial charge in [0.1, 0.15) is 11.6 Å². The van der Waals surface area contributed by atoms with E-state index in [9.17, 15) is 20.0 Å². The van der Waals surface area contributed by atoms with Crippen LogP contribution in [-0.2, 0) is 0 Å². The molecule has 6 nitrogen and oxygen atoms in total. The van der Waals surface area contributed by atoms with Crippen molar-refractivity contribution in [3.8, 4) is 11.9 Å². The summed E-state index contributed by atoms with van der Waals surface area (Å²) in [6, 6.07) is 4.75. The first-order valence-electron chi connectivity index (χ1n) is 8.02. The molecular formula is C18H18N2O4. The van der Waals surface area contributed by atoms with Crippen LogP contribution in [0.3, 0.4) is 0 Å². The van der Waals surface area contributed by atoms with Gasteiger partial charge in [0.15, 0.2) is 5.76 Å². The van der Waals surface area contributed by atoms with Gasteiger partial charge in [0.05, 0.1) is 11.8 Å². The van der Waals surface area contributed by atoms with Crippen LogP contribution in [-0.4, -0.2) is 15.5 Å². The maximum atomic E-state index is 12.7. The van der Waals surface area contributed by atoms with Gasteiger partial charge in [-0.1, -0.05) is 19.3 Å². The third kappa shape index (κ3) is 2.52. The Labute approximate surface area is 139 Å². The van der Waals surface area contributed by atoms with Gasteiger partial charge in [0.25, 0.3) is 5.56 Å². The van der Waals surface area contributed by atoms with Gasteiger partial charge in [-0.2, -0.15) is 5.26 Å². The second-order valence-electron chi connectivity index (χ2n) is 6.08. The zero-order chi connectivity index (χ0) is 17.3. The molecule has 0 amide bonds. The topological polar surface area (TPSA) is 96.2 Å². The fourth-order valence-electron chi connectivity index (χ4n) is 3.40. The van der Waals surface area contributed by atoms with Crippen LogP contribution in [0.2, 0.25) is 0 Å². The van der Waals surface area contributed by atoms with Crippen molar-refractivity contribution >= 4 is 5.78 Å². The number of furan rings is 1. The predicted octanol–water partition coefficient (Wildman–Crippen LogP) is 3.06. The van der Waals surface area contributed by atoms with Crippen LogP contribution in [0, 0.1) is 18.3 Å².